The summed E-state index contributed by atoms with van der Waals surface area (Å²) in [5.74, 6) is 1.79. The molecule has 2 aromatic rings. The van der Waals surface area contributed by atoms with Crippen LogP contribution in [0.2, 0.25) is 0 Å². The molecule has 0 radical (unpaired) electrons. The zero-order valence-electron chi connectivity index (χ0n) is 11.7. The zero-order chi connectivity index (χ0) is 13.9. The molecule has 6 heteroatoms. The number of hydrogen-bond acceptors (Lipinski definition) is 6. The lowest BCUT2D eigenvalue weighted by molar-refractivity contribution is 0.695. The summed E-state index contributed by atoms with van der Waals surface area (Å²) < 4.78 is 0. The Morgan fingerprint density at radius 2 is 2.20 bits per heavy atom. The van der Waals surface area contributed by atoms with Crippen LogP contribution >= 0.6 is 0 Å². The molecule has 2 atom stereocenters. The first kappa shape index (κ1) is 11.8. The van der Waals surface area contributed by atoms with E-state index < -0.39 is 0 Å². The first-order valence-corrected chi connectivity index (χ1v) is 6.98. The van der Waals surface area contributed by atoms with E-state index in [2.05, 4.69) is 25.6 Å². The van der Waals surface area contributed by atoms with Crippen molar-refractivity contribution in [2.75, 3.05) is 24.1 Å². The highest BCUT2D eigenvalue weighted by Crippen LogP contribution is 2.48. The number of nitrogens with zero attached hydrogens (tertiary/aromatic N) is 3. The third kappa shape index (κ3) is 1.64. The molecule has 1 aliphatic heterocycles. The van der Waals surface area contributed by atoms with Crippen LogP contribution in [0.3, 0.4) is 0 Å². The van der Waals surface area contributed by atoms with Crippen molar-refractivity contribution in [2.24, 2.45) is 5.92 Å². The van der Waals surface area contributed by atoms with Crippen LogP contribution in [0.15, 0.2) is 6.07 Å². The van der Waals surface area contributed by atoms with Gasteiger partial charge in [-0.05, 0) is 37.8 Å². The molecule has 2 unspecified atom stereocenters. The van der Waals surface area contributed by atoms with Crippen LogP contribution in [0.25, 0.3) is 11.0 Å². The minimum atomic E-state index is 0.138. The first-order valence-electron chi connectivity index (χ1n) is 6.98. The Balaban J connectivity index is 1.78. The lowest BCUT2D eigenvalue weighted by atomic mass is 10.1. The number of nitrogens with two attached hydrogens (primary N) is 1. The number of piperidine rings is 1. The van der Waals surface area contributed by atoms with E-state index in [0.717, 1.165) is 29.7 Å². The van der Waals surface area contributed by atoms with Crippen LogP contribution in [0.4, 0.5) is 11.8 Å². The van der Waals surface area contributed by atoms with Crippen molar-refractivity contribution < 1.29 is 0 Å². The van der Waals surface area contributed by atoms with E-state index in [1.165, 1.54) is 6.42 Å². The van der Waals surface area contributed by atoms with Gasteiger partial charge in [-0.3, -0.25) is 0 Å². The SMILES string of the molecule is Cc1cc(C)c2c(N)nc(NC34CNCC3C4)nc2n1. The Morgan fingerprint density at radius 1 is 1.35 bits per heavy atom. The third-order valence-electron chi connectivity index (χ3n) is 4.44. The summed E-state index contributed by atoms with van der Waals surface area (Å²) in [4.78, 5) is 13.4. The van der Waals surface area contributed by atoms with E-state index >= 15 is 0 Å². The van der Waals surface area contributed by atoms with Gasteiger partial charge in [0.25, 0.3) is 0 Å². The van der Waals surface area contributed by atoms with E-state index in [4.69, 9.17) is 5.73 Å². The fraction of sp³-hybridized carbons (Fsp3) is 0.500. The fourth-order valence-corrected chi connectivity index (χ4v) is 3.32. The van der Waals surface area contributed by atoms with E-state index in [0.29, 0.717) is 23.3 Å². The largest absolute Gasteiger partial charge is 0.383 e. The lowest BCUT2D eigenvalue weighted by Gasteiger charge is -2.15. The molecule has 3 heterocycles. The van der Waals surface area contributed by atoms with Gasteiger partial charge in [0.2, 0.25) is 5.95 Å². The third-order valence-corrected chi connectivity index (χ3v) is 4.44. The van der Waals surface area contributed by atoms with Gasteiger partial charge in [0, 0.05) is 18.8 Å². The van der Waals surface area contributed by atoms with Gasteiger partial charge in [0.05, 0.1) is 10.9 Å². The van der Waals surface area contributed by atoms with E-state index in [1.807, 2.05) is 19.9 Å². The summed E-state index contributed by atoms with van der Waals surface area (Å²) in [6.45, 7) is 6.03. The van der Waals surface area contributed by atoms with Crippen LogP contribution in [-0.2, 0) is 0 Å². The topological polar surface area (TPSA) is 88.8 Å². The van der Waals surface area contributed by atoms with E-state index in [-0.39, 0.29) is 5.54 Å². The molecule has 2 fully saturated rings. The van der Waals surface area contributed by atoms with Crippen LogP contribution in [0.1, 0.15) is 17.7 Å². The van der Waals surface area contributed by atoms with Gasteiger partial charge in [-0.1, -0.05) is 0 Å². The Hall–Kier alpha value is -1.95. The van der Waals surface area contributed by atoms with Crippen molar-refractivity contribution in [3.8, 4) is 0 Å². The van der Waals surface area contributed by atoms with Crippen LogP contribution in [-0.4, -0.2) is 33.6 Å². The molecule has 0 spiro atoms. The average molecular weight is 270 g/mol. The summed E-state index contributed by atoms with van der Waals surface area (Å²) >= 11 is 0. The highest BCUT2D eigenvalue weighted by Gasteiger charge is 2.57. The molecule has 0 bridgehead atoms. The molecule has 2 aliphatic rings. The number of hydrogen-bond donors (Lipinski definition) is 3. The summed E-state index contributed by atoms with van der Waals surface area (Å²) in [6.07, 6.45) is 1.18. The summed E-state index contributed by atoms with van der Waals surface area (Å²) in [5, 5.41) is 7.70. The van der Waals surface area contributed by atoms with Crippen molar-refractivity contribution in [3.05, 3.63) is 17.3 Å². The maximum Gasteiger partial charge on any atom is 0.227 e. The first-order chi connectivity index (χ1) is 9.57. The fourth-order valence-electron chi connectivity index (χ4n) is 3.32. The van der Waals surface area contributed by atoms with Gasteiger partial charge in [-0.25, -0.2) is 4.98 Å². The molecular weight excluding hydrogens is 252 g/mol. The van der Waals surface area contributed by atoms with Gasteiger partial charge in [0.1, 0.15) is 5.82 Å². The molecule has 1 saturated heterocycles. The highest BCUT2D eigenvalue weighted by molar-refractivity contribution is 5.89. The Kier molecular flexibility index (Phi) is 2.24. The molecule has 0 amide bonds. The molecule has 4 N–H and O–H groups in total. The van der Waals surface area contributed by atoms with Crippen molar-refractivity contribution in [1.29, 1.82) is 0 Å². The number of rotatable bonds is 2. The molecule has 1 saturated carbocycles. The molecule has 20 heavy (non-hydrogen) atoms. The minimum Gasteiger partial charge on any atom is -0.383 e. The number of fused-ring (bicyclic) bond motifs is 2. The normalized spacial score (nSPS) is 27.6. The van der Waals surface area contributed by atoms with Gasteiger partial charge in [0.15, 0.2) is 5.65 Å². The van der Waals surface area contributed by atoms with Crippen LogP contribution < -0.4 is 16.4 Å². The van der Waals surface area contributed by atoms with Crippen molar-refractivity contribution in [1.82, 2.24) is 20.3 Å². The van der Waals surface area contributed by atoms with Crippen LogP contribution in [0, 0.1) is 19.8 Å². The van der Waals surface area contributed by atoms with Crippen molar-refractivity contribution in [3.63, 3.8) is 0 Å². The summed E-state index contributed by atoms with van der Waals surface area (Å²) in [5.41, 5.74) is 8.93. The van der Waals surface area contributed by atoms with Crippen molar-refractivity contribution in [2.45, 2.75) is 25.8 Å². The maximum absolute atomic E-state index is 6.09. The number of aromatic nitrogens is 3. The van der Waals surface area contributed by atoms with E-state index in [9.17, 15) is 0 Å². The molecule has 4 rings (SSSR count). The Bertz CT molecular complexity index is 712. The second-order valence-electron chi connectivity index (χ2n) is 6.02. The van der Waals surface area contributed by atoms with Crippen molar-refractivity contribution >= 4 is 22.8 Å². The monoisotopic (exact) mass is 270 g/mol. The van der Waals surface area contributed by atoms with Gasteiger partial charge in [-0.15, -0.1) is 0 Å². The molecule has 6 nitrogen and oxygen atoms in total. The predicted molar refractivity (Wildman–Crippen MR) is 78.5 cm³/mol. The molecule has 104 valence electrons. The second kappa shape index (κ2) is 3.79. The Morgan fingerprint density at radius 3 is 2.90 bits per heavy atom. The average Bonchev–Trinajstić information content (AvgIpc) is 2.88. The summed E-state index contributed by atoms with van der Waals surface area (Å²) in [7, 11) is 0. The summed E-state index contributed by atoms with van der Waals surface area (Å²) in [6, 6.07) is 2.01. The number of anilines is 2. The second-order valence-corrected chi connectivity index (χ2v) is 6.02. The van der Waals surface area contributed by atoms with E-state index in [1.54, 1.807) is 0 Å². The van der Waals surface area contributed by atoms with Gasteiger partial charge >= 0.3 is 0 Å². The quantitative estimate of drug-likeness (QED) is 0.754. The minimum absolute atomic E-state index is 0.138. The van der Waals surface area contributed by atoms with Gasteiger partial charge < -0.3 is 16.4 Å². The molecule has 0 aromatic carbocycles. The van der Waals surface area contributed by atoms with Crippen LogP contribution in [0.5, 0.6) is 0 Å². The highest BCUT2D eigenvalue weighted by atomic mass is 15.2. The predicted octanol–water partition coefficient (Wildman–Crippen LogP) is 0.998. The number of nitrogen functional groups attached to an aromatic ring is 1. The smallest absolute Gasteiger partial charge is 0.227 e. The zero-order valence-corrected chi connectivity index (χ0v) is 11.7. The molecule has 2 aromatic heterocycles. The number of aryl methyl sites for hydroxylation is 2. The maximum atomic E-state index is 6.09. The molecular formula is C14H18N6. The number of nitrogens with one attached hydrogen (secondary N) is 2. The van der Waals surface area contributed by atoms with Gasteiger partial charge in [-0.2, -0.15) is 9.97 Å². The lowest BCUT2D eigenvalue weighted by Crippen LogP contribution is -2.30. The standard InChI is InChI=1S/C14H18N6/c1-7-3-8(2)17-12-10(7)11(15)18-13(19-12)20-14-4-9(14)5-16-6-14/h3,9,16H,4-6H2,1-2H3,(H3,15,17,18,19,20). The molecule has 1 aliphatic carbocycles. The Labute approximate surface area is 117 Å². The number of pyridine rings is 1.